The molecule has 0 heterocycles. The molecule has 4 nitrogen and oxygen atoms in total. The lowest BCUT2D eigenvalue weighted by Crippen LogP contribution is -2.18. The molecule has 4 heteroatoms. The molecule has 0 aliphatic carbocycles. The van der Waals surface area contributed by atoms with Gasteiger partial charge in [-0.2, -0.15) is 0 Å². The van der Waals surface area contributed by atoms with Crippen LogP contribution < -0.4 is 0 Å². The maximum absolute atomic E-state index is 12.5. The maximum Gasteiger partial charge on any atom is 0.306 e. The fourth-order valence-corrected chi connectivity index (χ4v) is 5.22. The molecule has 0 saturated carbocycles. The highest BCUT2D eigenvalue weighted by Gasteiger charge is 2.14. The highest BCUT2D eigenvalue weighted by molar-refractivity contribution is 5.69. The van der Waals surface area contributed by atoms with E-state index < -0.39 is 5.97 Å². The molecule has 0 saturated heterocycles. The average Bonchev–Trinajstić information content (AvgIpc) is 3.04. The van der Waals surface area contributed by atoms with Crippen LogP contribution in [0.3, 0.4) is 0 Å². The van der Waals surface area contributed by atoms with Crippen molar-refractivity contribution in [2.45, 2.75) is 180 Å². The lowest BCUT2D eigenvalue weighted by molar-refractivity contribution is -0.149. The number of ether oxygens (including phenoxy) is 1. The maximum atomic E-state index is 12.5. The van der Waals surface area contributed by atoms with Gasteiger partial charge in [0.25, 0.3) is 0 Å². The van der Waals surface area contributed by atoms with Crippen LogP contribution in [0, 0.1) is 0 Å². The van der Waals surface area contributed by atoms with E-state index in [0.29, 0.717) is 25.7 Å². The van der Waals surface area contributed by atoms with Gasteiger partial charge < -0.3 is 9.84 Å². The molecule has 0 aromatic carbocycles. The van der Waals surface area contributed by atoms with Crippen LogP contribution >= 0.6 is 0 Å². The molecular weight excluding hydrogens is 568 g/mol. The number of carbonyl (C=O) groups is 2. The summed E-state index contributed by atoms with van der Waals surface area (Å²) in [5.41, 5.74) is 0. The minimum Gasteiger partial charge on any atom is -0.481 e. The minimum atomic E-state index is -0.788. The molecule has 0 bridgehead atoms. The van der Waals surface area contributed by atoms with Crippen LogP contribution in [-0.4, -0.2) is 23.1 Å². The summed E-state index contributed by atoms with van der Waals surface area (Å²) in [7, 11) is 0. The van der Waals surface area contributed by atoms with Crippen molar-refractivity contribution in [2.24, 2.45) is 0 Å². The van der Waals surface area contributed by atoms with Crippen molar-refractivity contribution in [3.8, 4) is 0 Å². The zero-order chi connectivity index (χ0) is 33.6. The summed E-state index contributed by atoms with van der Waals surface area (Å²) in [6, 6.07) is 0. The van der Waals surface area contributed by atoms with Crippen molar-refractivity contribution >= 4 is 11.9 Å². The normalized spacial score (nSPS) is 13.1. The number of rotatable bonds is 33. The van der Waals surface area contributed by atoms with Crippen LogP contribution in [0.5, 0.6) is 0 Å². The summed E-state index contributed by atoms with van der Waals surface area (Å²) >= 11 is 0. The topological polar surface area (TPSA) is 63.6 Å². The molecule has 0 aromatic heterocycles. The Morgan fingerprint density at radius 3 is 1.33 bits per heavy atom. The van der Waals surface area contributed by atoms with E-state index in [9.17, 15) is 9.59 Å². The zero-order valence-corrected chi connectivity index (χ0v) is 29.9. The molecule has 0 fully saturated rings. The van der Waals surface area contributed by atoms with E-state index in [2.05, 4.69) is 80.7 Å². The van der Waals surface area contributed by atoms with Crippen molar-refractivity contribution in [1.29, 1.82) is 0 Å². The Morgan fingerprint density at radius 1 is 0.500 bits per heavy atom. The highest BCUT2D eigenvalue weighted by Crippen LogP contribution is 2.17. The average molecular weight is 639 g/mol. The van der Waals surface area contributed by atoms with Crippen molar-refractivity contribution < 1.29 is 19.4 Å². The second-order valence-electron chi connectivity index (χ2n) is 12.4. The minimum absolute atomic E-state index is 0.130. The molecule has 0 spiro atoms. The largest absolute Gasteiger partial charge is 0.481 e. The number of aliphatic carboxylic acids is 1. The molecule has 0 aliphatic rings. The quantitative estimate of drug-likeness (QED) is 0.0441. The third-order valence-corrected chi connectivity index (χ3v) is 7.96. The van der Waals surface area contributed by atoms with Gasteiger partial charge in [-0.25, -0.2) is 0 Å². The van der Waals surface area contributed by atoms with Crippen LogP contribution in [0.15, 0.2) is 72.9 Å². The van der Waals surface area contributed by atoms with Crippen LogP contribution in [0.4, 0.5) is 0 Å². The molecule has 0 aromatic rings. The Hall–Kier alpha value is -2.62. The van der Waals surface area contributed by atoms with Crippen LogP contribution in [0.25, 0.3) is 0 Å². The first kappa shape index (κ1) is 43.4. The second kappa shape index (κ2) is 36.8. The Morgan fingerprint density at radius 2 is 0.891 bits per heavy atom. The van der Waals surface area contributed by atoms with Gasteiger partial charge in [0.15, 0.2) is 0 Å². The number of hydrogen-bond acceptors (Lipinski definition) is 3. The smallest absolute Gasteiger partial charge is 0.306 e. The monoisotopic (exact) mass is 639 g/mol. The van der Waals surface area contributed by atoms with E-state index in [4.69, 9.17) is 9.84 Å². The van der Waals surface area contributed by atoms with E-state index in [1.165, 1.54) is 70.6 Å². The molecule has 262 valence electrons. The zero-order valence-electron chi connectivity index (χ0n) is 29.9. The first-order valence-electron chi connectivity index (χ1n) is 18.9. The Balaban J connectivity index is 4.00. The Kier molecular flexibility index (Phi) is 34.7. The van der Waals surface area contributed by atoms with Crippen molar-refractivity contribution in [3.63, 3.8) is 0 Å². The SMILES string of the molecule is CC/C=C\C/C=C\C/C=C\C/C=C\C/C=C\C/C=C\CCC(=O)OC(CCCCCCCCCCCCCCC)CCCC(=O)O. The summed E-state index contributed by atoms with van der Waals surface area (Å²) in [6.07, 6.45) is 52.0. The van der Waals surface area contributed by atoms with Crippen molar-refractivity contribution in [2.75, 3.05) is 0 Å². The molecule has 0 radical (unpaired) electrons. The van der Waals surface area contributed by atoms with Gasteiger partial charge in [0, 0.05) is 12.8 Å². The summed E-state index contributed by atoms with van der Waals surface area (Å²) < 4.78 is 5.78. The number of unbranched alkanes of at least 4 members (excludes halogenated alkanes) is 12. The first-order chi connectivity index (χ1) is 22.6. The molecule has 1 atom stereocenters. The predicted octanol–water partition coefficient (Wildman–Crippen LogP) is 13.1. The van der Waals surface area contributed by atoms with Gasteiger partial charge in [0.2, 0.25) is 0 Å². The molecule has 0 aliphatic heterocycles. The van der Waals surface area contributed by atoms with Gasteiger partial charge in [0.05, 0.1) is 0 Å². The third-order valence-electron chi connectivity index (χ3n) is 7.96. The van der Waals surface area contributed by atoms with Gasteiger partial charge in [-0.15, -0.1) is 0 Å². The van der Waals surface area contributed by atoms with Crippen LogP contribution in [-0.2, 0) is 14.3 Å². The Labute approximate surface area is 284 Å². The van der Waals surface area contributed by atoms with E-state index in [1.807, 2.05) is 6.08 Å². The van der Waals surface area contributed by atoms with E-state index >= 15 is 0 Å². The number of carboxylic acid groups (broad SMARTS) is 1. The second-order valence-corrected chi connectivity index (χ2v) is 12.4. The van der Waals surface area contributed by atoms with Crippen molar-refractivity contribution in [3.05, 3.63) is 72.9 Å². The van der Waals surface area contributed by atoms with Gasteiger partial charge in [0.1, 0.15) is 6.10 Å². The molecule has 0 rings (SSSR count). The van der Waals surface area contributed by atoms with E-state index in [1.54, 1.807) is 0 Å². The summed E-state index contributed by atoms with van der Waals surface area (Å²) in [4.78, 5) is 23.4. The van der Waals surface area contributed by atoms with Crippen molar-refractivity contribution in [1.82, 2.24) is 0 Å². The standard InChI is InChI=1S/C42H70O4/c1-3-5-7-9-11-13-15-17-18-19-20-21-22-24-26-28-30-32-34-39-42(45)46-40(37-35-38-41(43)44)36-33-31-29-27-25-23-16-14-12-10-8-6-4-2/h5,7,11,13,17-18,20-21,24,26,30,32,40H,3-4,6,8-10,12,14-16,19,22-23,25,27-29,31,33-39H2,1-2H3,(H,43,44)/b7-5-,13-11-,18-17-,21-20-,26-24-,32-30-. The highest BCUT2D eigenvalue weighted by atomic mass is 16.5. The molecule has 46 heavy (non-hydrogen) atoms. The fourth-order valence-electron chi connectivity index (χ4n) is 5.22. The predicted molar refractivity (Wildman–Crippen MR) is 199 cm³/mol. The van der Waals surface area contributed by atoms with Gasteiger partial charge in [-0.3, -0.25) is 9.59 Å². The number of carbonyl (C=O) groups excluding carboxylic acids is 1. The van der Waals surface area contributed by atoms with Crippen LogP contribution in [0.2, 0.25) is 0 Å². The third kappa shape index (κ3) is 35.9. The number of allylic oxidation sites excluding steroid dienone is 12. The van der Waals surface area contributed by atoms with Gasteiger partial charge in [-0.05, 0) is 70.6 Å². The van der Waals surface area contributed by atoms with Gasteiger partial charge in [-0.1, -0.05) is 164 Å². The summed E-state index contributed by atoms with van der Waals surface area (Å²) in [6.45, 7) is 4.42. The molecule has 1 N–H and O–H groups in total. The first-order valence-corrected chi connectivity index (χ1v) is 18.9. The molecule has 1 unspecified atom stereocenters. The molecular formula is C42H70O4. The summed E-state index contributed by atoms with van der Waals surface area (Å²) in [5, 5.41) is 9.00. The van der Waals surface area contributed by atoms with E-state index in [0.717, 1.165) is 57.8 Å². The Bertz CT molecular complexity index is 861. The van der Waals surface area contributed by atoms with Gasteiger partial charge >= 0.3 is 11.9 Å². The fraction of sp³-hybridized carbons (Fsp3) is 0.667. The van der Waals surface area contributed by atoms with E-state index in [-0.39, 0.29) is 18.5 Å². The van der Waals surface area contributed by atoms with Crippen LogP contribution in [0.1, 0.15) is 174 Å². The number of hydrogen-bond donors (Lipinski definition) is 1. The lowest BCUT2D eigenvalue weighted by atomic mass is 10.0. The lowest BCUT2D eigenvalue weighted by Gasteiger charge is -2.17. The molecule has 0 amide bonds. The number of carboxylic acids is 1. The number of esters is 1. The summed E-state index contributed by atoms with van der Waals surface area (Å²) in [5.74, 6) is -0.960.